The summed E-state index contributed by atoms with van der Waals surface area (Å²) in [6, 6.07) is 15.9. The fourth-order valence-electron chi connectivity index (χ4n) is 2.74. The van der Waals surface area contributed by atoms with Crippen LogP contribution in [0.4, 0.5) is 4.39 Å². The Bertz CT molecular complexity index is 1150. The van der Waals surface area contributed by atoms with Gasteiger partial charge in [0.15, 0.2) is 0 Å². The number of rotatable bonds is 3. The Balaban J connectivity index is 1.78. The summed E-state index contributed by atoms with van der Waals surface area (Å²) < 4.78 is 24.9. The van der Waals surface area contributed by atoms with Crippen molar-refractivity contribution in [2.75, 3.05) is 0 Å². The molecule has 0 aliphatic carbocycles. The van der Waals surface area contributed by atoms with Crippen molar-refractivity contribution in [3.05, 3.63) is 82.3 Å². The Morgan fingerprint density at radius 3 is 2.60 bits per heavy atom. The van der Waals surface area contributed by atoms with Crippen molar-refractivity contribution in [2.24, 2.45) is 0 Å². The molecular weight excluding hydrogens is 323 g/mol. The van der Waals surface area contributed by atoms with Crippen LogP contribution in [0.5, 0.6) is 11.5 Å². The molecule has 0 saturated heterocycles. The van der Waals surface area contributed by atoms with E-state index in [1.807, 2.05) is 0 Å². The van der Waals surface area contributed by atoms with Gasteiger partial charge in [0.25, 0.3) is 0 Å². The van der Waals surface area contributed by atoms with Crippen LogP contribution in [0, 0.1) is 5.82 Å². The minimum atomic E-state index is -0.370. The van der Waals surface area contributed by atoms with Crippen molar-refractivity contribution in [1.29, 1.82) is 0 Å². The molecule has 4 nitrogen and oxygen atoms in total. The summed E-state index contributed by atoms with van der Waals surface area (Å²) in [6.07, 6.45) is 0. The Labute approximate surface area is 141 Å². The Hall–Kier alpha value is -3.34. The van der Waals surface area contributed by atoms with Gasteiger partial charge in [-0.3, -0.25) is 4.79 Å². The summed E-state index contributed by atoms with van der Waals surface area (Å²) in [5.74, 6) is -0.322. The number of ether oxygens (including phenoxy) is 1. The first-order chi connectivity index (χ1) is 12.1. The van der Waals surface area contributed by atoms with Gasteiger partial charge in [0.1, 0.15) is 40.5 Å². The van der Waals surface area contributed by atoms with Gasteiger partial charge >= 0.3 is 0 Å². The predicted molar refractivity (Wildman–Crippen MR) is 92.4 cm³/mol. The van der Waals surface area contributed by atoms with Crippen molar-refractivity contribution in [3.8, 4) is 11.5 Å². The van der Waals surface area contributed by atoms with E-state index in [1.165, 1.54) is 18.2 Å². The van der Waals surface area contributed by atoms with Crippen LogP contribution in [0.3, 0.4) is 0 Å². The number of hydrogen-bond acceptors (Lipinski definition) is 4. The summed E-state index contributed by atoms with van der Waals surface area (Å²) >= 11 is 0. The standard InChI is InChI=1S/C20H13FO4/c21-15-7-3-1-5-12(15)11-24-13-9-16(22)19-18(10-13)25-17-8-4-2-6-14(17)20(19)23/h1-10,22H,11H2. The summed E-state index contributed by atoms with van der Waals surface area (Å²) in [5.41, 5.74) is 0.718. The maximum atomic E-state index is 13.7. The molecule has 0 saturated carbocycles. The number of para-hydroxylation sites is 1. The Morgan fingerprint density at radius 2 is 1.76 bits per heavy atom. The number of hydrogen-bond donors (Lipinski definition) is 1. The largest absolute Gasteiger partial charge is 0.507 e. The van der Waals surface area contributed by atoms with Gasteiger partial charge in [0, 0.05) is 17.7 Å². The van der Waals surface area contributed by atoms with Crippen LogP contribution in [0.15, 0.2) is 69.9 Å². The minimum Gasteiger partial charge on any atom is -0.507 e. The molecule has 0 radical (unpaired) electrons. The number of phenolic OH excluding ortho intramolecular Hbond substituents is 1. The van der Waals surface area contributed by atoms with Crippen molar-refractivity contribution in [2.45, 2.75) is 6.61 Å². The molecule has 1 aromatic heterocycles. The summed E-state index contributed by atoms with van der Waals surface area (Å²) in [6.45, 7) is -0.00453. The van der Waals surface area contributed by atoms with E-state index in [1.54, 1.807) is 42.5 Å². The summed E-state index contributed by atoms with van der Waals surface area (Å²) in [7, 11) is 0. The topological polar surface area (TPSA) is 59.7 Å². The molecule has 0 aliphatic heterocycles. The van der Waals surface area contributed by atoms with E-state index in [4.69, 9.17) is 9.15 Å². The predicted octanol–water partition coefficient (Wildman–Crippen LogP) is 4.37. The SMILES string of the molecule is O=c1c2ccccc2oc2cc(OCc3ccccc3F)cc(O)c12. The lowest BCUT2D eigenvalue weighted by molar-refractivity contribution is 0.298. The van der Waals surface area contributed by atoms with Crippen molar-refractivity contribution < 1.29 is 18.7 Å². The molecule has 124 valence electrons. The van der Waals surface area contributed by atoms with Gasteiger partial charge in [-0.05, 0) is 18.2 Å². The average molecular weight is 336 g/mol. The molecule has 0 bridgehead atoms. The van der Waals surface area contributed by atoms with Gasteiger partial charge in [0.2, 0.25) is 5.43 Å². The maximum absolute atomic E-state index is 13.7. The zero-order valence-corrected chi connectivity index (χ0v) is 13.0. The fourth-order valence-corrected chi connectivity index (χ4v) is 2.74. The number of benzene rings is 3. The van der Waals surface area contributed by atoms with E-state index < -0.39 is 0 Å². The van der Waals surface area contributed by atoms with Crippen molar-refractivity contribution in [3.63, 3.8) is 0 Å². The molecule has 0 spiro atoms. The molecule has 25 heavy (non-hydrogen) atoms. The second-order valence-corrected chi connectivity index (χ2v) is 5.62. The highest BCUT2D eigenvalue weighted by Crippen LogP contribution is 2.30. The van der Waals surface area contributed by atoms with Crippen molar-refractivity contribution >= 4 is 21.9 Å². The first-order valence-electron chi connectivity index (χ1n) is 7.68. The maximum Gasteiger partial charge on any atom is 0.204 e. The lowest BCUT2D eigenvalue weighted by Crippen LogP contribution is -2.03. The molecule has 0 unspecified atom stereocenters. The van der Waals surface area contributed by atoms with Crippen LogP contribution in [0.1, 0.15) is 5.56 Å². The molecule has 3 aromatic carbocycles. The first kappa shape index (κ1) is 15.2. The zero-order chi connectivity index (χ0) is 17.4. The van der Waals surface area contributed by atoms with Crippen molar-refractivity contribution in [1.82, 2.24) is 0 Å². The van der Waals surface area contributed by atoms with Gasteiger partial charge < -0.3 is 14.3 Å². The van der Waals surface area contributed by atoms with E-state index in [0.29, 0.717) is 16.5 Å². The third kappa shape index (κ3) is 2.70. The van der Waals surface area contributed by atoms with E-state index in [2.05, 4.69) is 0 Å². The molecule has 0 aliphatic rings. The van der Waals surface area contributed by atoms with Crippen LogP contribution in [-0.2, 0) is 6.61 Å². The van der Waals surface area contributed by atoms with E-state index in [0.717, 1.165) is 0 Å². The van der Waals surface area contributed by atoms with Crippen LogP contribution in [-0.4, -0.2) is 5.11 Å². The summed E-state index contributed by atoms with van der Waals surface area (Å²) in [4.78, 5) is 12.5. The minimum absolute atomic E-state index is 0.00453. The molecule has 1 N–H and O–H groups in total. The summed E-state index contributed by atoms with van der Waals surface area (Å²) in [5, 5.41) is 10.7. The highest BCUT2D eigenvalue weighted by molar-refractivity contribution is 5.93. The Kier molecular flexibility index (Phi) is 3.61. The molecule has 5 heteroatoms. The van der Waals surface area contributed by atoms with Gasteiger partial charge in [-0.25, -0.2) is 4.39 Å². The molecule has 4 aromatic rings. The number of aromatic hydroxyl groups is 1. The fraction of sp³-hybridized carbons (Fsp3) is 0.0500. The quantitative estimate of drug-likeness (QED) is 0.564. The van der Waals surface area contributed by atoms with Gasteiger partial charge in [-0.1, -0.05) is 30.3 Å². The average Bonchev–Trinajstić information content (AvgIpc) is 2.61. The molecule has 0 amide bonds. The van der Waals surface area contributed by atoms with E-state index in [9.17, 15) is 14.3 Å². The smallest absolute Gasteiger partial charge is 0.204 e. The van der Waals surface area contributed by atoms with E-state index >= 15 is 0 Å². The van der Waals surface area contributed by atoms with Crippen LogP contribution in [0.25, 0.3) is 21.9 Å². The van der Waals surface area contributed by atoms with Gasteiger partial charge in [0.05, 0.1) is 5.39 Å². The third-order valence-corrected chi connectivity index (χ3v) is 3.99. The zero-order valence-electron chi connectivity index (χ0n) is 13.0. The van der Waals surface area contributed by atoms with Crippen LogP contribution >= 0.6 is 0 Å². The number of halogens is 1. The lowest BCUT2D eigenvalue weighted by Gasteiger charge is -2.09. The molecule has 4 rings (SSSR count). The van der Waals surface area contributed by atoms with Gasteiger partial charge in [-0.2, -0.15) is 0 Å². The normalized spacial score (nSPS) is 11.1. The number of fused-ring (bicyclic) bond motifs is 2. The van der Waals surface area contributed by atoms with E-state index in [-0.39, 0.29) is 40.3 Å². The lowest BCUT2D eigenvalue weighted by atomic mass is 10.1. The molecule has 1 heterocycles. The molecule has 0 fully saturated rings. The highest BCUT2D eigenvalue weighted by atomic mass is 19.1. The van der Waals surface area contributed by atoms with Crippen LogP contribution < -0.4 is 10.2 Å². The first-order valence-corrected chi connectivity index (χ1v) is 7.68. The Morgan fingerprint density at radius 1 is 1.00 bits per heavy atom. The molecular formula is C20H13FO4. The van der Waals surface area contributed by atoms with Gasteiger partial charge in [-0.15, -0.1) is 0 Å². The second-order valence-electron chi connectivity index (χ2n) is 5.62. The second kappa shape index (κ2) is 5.94. The highest BCUT2D eigenvalue weighted by Gasteiger charge is 2.13. The van der Waals surface area contributed by atoms with Crippen LogP contribution in [0.2, 0.25) is 0 Å². The third-order valence-electron chi connectivity index (χ3n) is 3.99. The number of phenols is 1. The molecule has 0 atom stereocenters. The monoisotopic (exact) mass is 336 g/mol.